The van der Waals surface area contributed by atoms with Crippen LogP contribution in [0.2, 0.25) is 0 Å². The number of carbonyl (C=O) groups is 3. The Bertz CT molecular complexity index is 747. The lowest BCUT2D eigenvalue weighted by Gasteiger charge is -2.12. The van der Waals surface area contributed by atoms with Gasteiger partial charge in [-0.2, -0.15) is 0 Å². The summed E-state index contributed by atoms with van der Waals surface area (Å²) in [6, 6.07) is 5.74. The van der Waals surface area contributed by atoms with Gasteiger partial charge in [0.2, 0.25) is 5.91 Å². The minimum absolute atomic E-state index is 0.108. The van der Waals surface area contributed by atoms with E-state index in [1.54, 1.807) is 6.07 Å². The largest absolute Gasteiger partial charge is 0.355 e. The second-order valence-corrected chi connectivity index (χ2v) is 6.32. The lowest BCUT2D eigenvalue weighted by Crippen LogP contribution is -2.39. The van der Waals surface area contributed by atoms with E-state index in [1.807, 2.05) is 6.92 Å². The molecule has 2 rings (SSSR count). The number of rotatable bonds is 7. The highest BCUT2D eigenvalue weighted by Gasteiger charge is 2.36. The average Bonchev–Trinajstić information content (AvgIpc) is 2.83. The van der Waals surface area contributed by atoms with Gasteiger partial charge in [-0.25, -0.2) is 0 Å². The number of non-ortho nitro benzene ring substituents is 1. The van der Waals surface area contributed by atoms with Crippen LogP contribution in [0.15, 0.2) is 29.2 Å². The first-order valence-electron chi connectivity index (χ1n) is 7.69. The average molecular weight is 363 g/mol. The van der Waals surface area contributed by atoms with Crippen LogP contribution >= 0.6 is 11.8 Å². The van der Waals surface area contributed by atoms with Crippen molar-refractivity contribution in [2.75, 3.05) is 13.1 Å². The maximum atomic E-state index is 12.3. The molecule has 1 saturated heterocycles. The number of unbranched alkanes of at least 4 members (excludes halogenated alkanes) is 1. The van der Waals surface area contributed by atoms with Crippen molar-refractivity contribution in [1.82, 2.24) is 10.2 Å². The zero-order valence-corrected chi connectivity index (χ0v) is 14.4. The van der Waals surface area contributed by atoms with Crippen LogP contribution in [0, 0.1) is 10.1 Å². The molecular formula is C16H17N3O5S. The van der Waals surface area contributed by atoms with Crippen molar-refractivity contribution in [3.63, 3.8) is 0 Å². The van der Waals surface area contributed by atoms with Gasteiger partial charge in [-0.15, -0.1) is 0 Å². The molecule has 1 aromatic carbocycles. The van der Waals surface area contributed by atoms with Crippen molar-refractivity contribution >= 4 is 40.6 Å². The minimum Gasteiger partial charge on any atom is -0.355 e. The van der Waals surface area contributed by atoms with Gasteiger partial charge >= 0.3 is 0 Å². The van der Waals surface area contributed by atoms with Crippen molar-refractivity contribution in [3.8, 4) is 0 Å². The van der Waals surface area contributed by atoms with Crippen LogP contribution in [0.3, 0.4) is 0 Å². The summed E-state index contributed by atoms with van der Waals surface area (Å²) in [5.74, 6) is -0.973. The van der Waals surface area contributed by atoms with E-state index in [1.165, 1.54) is 24.3 Å². The molecule has 0 saturated carbocycles. The Labute approximate surface area is 148 Å². The first-order valence-corrected chi connectivity index (χ1v) is 8.50. The van der Waals surface area contributed by atoms with Gasteiger partial charge in [-0.3, -0.25) is 29.4 Å². The predicted octanol–water partition coefficient (Wildman–Crippen LogP) is 2.55. The highest BCUT2D eigenvalue weighted by molar-refractivity contribution is 8.18. The number of nitro groups is 1. The Morgan fingerprint density at radius 1 is 1.40 bits per heavy atom. The Morgan fingerprint density at radius 3 is 2.84 bits per heavy atom. The molecule has 1 aliphatic heterocycles. The first kappa shape index (κ1) is 18.7. The Hall–Kier alpha value is -2.68. The van der Waals surface area contributed by atoms with Gasteiger partial charge in [0, 0.05) is 18.7 Å². The summed E-state index contributed by atoms with van der Waals surface area (Å²) in [5, 5.41) is 12.9. The molecule has 0 bridgehead atoms. The van der Waals surface area contributed by atoms with E-state index in [-0.39, 0.29) is 17.1 Å². The van der Waals surface area contributed by atoms with Crippen LogP contribution in [0.1, 0.15) is 25.3 Å². The normalized spacial score (nSPS) is 15.7. The fourth-order valence-electron chi connectivity index (χ4n) is 2.12. The third-order valence-electron chi connectivity index (χ3n) is 3.41. The molecule has 132 valence electrons. The van der Waals surface area contributed by atoms with Gasteiger partial charge in [0.15, 0.2) is 0 Å². The summed E-state index contributed by atoms with van der Waals surface area (Å²) >= 11 is 0.710. The molecule has 1 aliphatic rings. The van der Waals surface area contributed by atoms with Crippen LogP contribution in [0.5, 0.6) is 0 Å². The highest BCUT2D eigenvalue weighted by Crippen LogP contribution is 2.32. The summed E-state index contributed by atoms with van der Waals surface area (Å²) in [6.45, 7) is 2.15. The van der Waals surface area contributed by atoms with E-state index < -0.39 is 22.0 Å². The predicted molar refractivity (Wildman–Crippen MR) is 93.7 cm³/mol. The molecule has 3 amide bonds. The number of hydrogen-bond donors (Lipinski definition) is 1. The van der Waals surface area contributed by atoms with E-state index in [0.717, 1.165) is 17.7 Å². The number of hydrogen-bond acceptors (Lipinski definition) is 6. The molecule has 25 heavy (non-hydrogen) atoms. The molecule has 1 fully saturated rings. The number of nitrogens with one attached hydrogen (secondary N) is 1. The van der Waals surface area contributed by atoms with Gasteiger partial charge < -0.3 is 5.32 Å². The van der Waals surface area contributed by atoms with Gasteiger partial charge in [0.05, 0.1) is 9.83 Å². The topological polar surface area (TPSA) is 110 Å². The number of benzene rings is 1. The number of nitrogens with zero attached hydrogens (tertiary/aromatic N) is 2. The summed E-state index contributed by atoms with van der Waals surface area (Å²) in [5.41, 5.74) is 0.329. The zero-order chi connectivity index (χ0) is 18.4. The van der Waals surface area contributed by atoms with E-state index in [9.17, 15) is 24.5 Å². The summed E-state index contributed by atoms with van der Waals surface area (Å²) < 4.78 is 0. The maximum absolute atomic E-state index is 12.3. The number of thioether (sulfide) groups is 1. The second-order valence-electron chi connectivity index (χ2n) is 5.32. The highest BCUT2D eigenvalue weighted by atomic mass is 32.2. The number of imide groups is 1. The van der Waals surface area contributed by atoms with Crippen LogP contribution in [0.25, 0.3) is 6.08 Å². The molecule has 0 radical (unpaired) electrons. The van der Waals surface area contributed by atoms with E-state index in [2.05, 4.69) is 5.32 Å². The van der Waals surface area contributed by atoms with Crippen molar-refractivity contribution in [1.29, 1.82) is 0 Å². The third-order valence-corrected chi connectivity index (χ3v) is 4.31. The van der Waals surface area contributed by atoms with E-state index >= 15 is 0 Å². The molecule has 1 N–H and O–H groups in total. The van der Waals surface area contributed by atoms with Gasteiger partial charge in [-0.1, -0.05) is 25.5 Å². The molecule has 9 heteroatoms. The molecule has 1 heterocycles. The van der Waals surface area contributed by atoms with Crippen molar-refractivity contribution < 1.29 is 19.3 Å². The molecule has 0 aromatic heterocycles. The van der Waals surface area contributed by atoms with Crippen molar-refractivity contribution in [3.05, 3.63) is 44.8 Å². The summed E-state index contributed by atoms with van der Waals surface area (Å²) in [7, 11) is 0. The lowest BCUT2D eigenvalue weighted by molar-refractivity contribution is -0.384. The zero-order valence-electron chi connectivity index (χ0n) is 13.6. The third kappa shape index (κ3) is 4.90. The second kappa shape index (κ2) is 8.43. The van der Waals surface area contributed by atoms with Gasteiger partial charge in [0.25, 0.3) is 16.8 Å². The van der Waals surface area contributed by atoms with Crippen LogP contribution < -0.4 is 5.32 Å². The quantitative estimate of drug-likeness (QED) is 0.345. The van der Waals surface area contributed by atoms with Crippen molar-refractivity contribution in [2.45, 2.75) is 19.8 Å². The lowest BCUT2D eigenvalue weighted by atomic mass is 10.2. The van der Waals surface area contributed by atoms with Crippen LogP contribution in [-0.4, -0.2) is 40.0 Å². The summed E-state index contributed by atoms with van der Waals surface area (Å²) in [6.07, 6.45) is 3.15. The molecule has 0 atom stereocenters. The van der Waals surface area contributed by atoms with E-state index in [4.69, 9.17) is 0 Å². The molecule has 0 spiro atoms. The van der Waals surface area contributed by atoms with Gasteiger partial charge in [0.1, 0.15) is 6.54 Å². The van der Waals surface area contributed by atoms with E-state index in [0.29, 0.717) is 23.9 Å². The Kier molecular flexibility index (Phi) is 6.29. The minimum atomic E-state index is -0.577. The number of amides is 3. The SMILES string of the molecule is CCCCNC(=O)CN1C(=O)S/C(=C\c2cccc([N+](=O)[O-])c2)C1=O. The Balaban J connectivity index is 2.08. The monoisotopic (exact) mass is 363 g/mol. The Morgan fingerprint density at radius 2 is 2.16 bits per heavy atom. The standard InChI is InChI=1S/C16H17N3O5S/c1-2-3-7-17-14(20)10-18-15(21)13(25-16(18)22)9-11-5-4-6-12(8-11)19(23)24/h4-6,8-9H,2-3,7,10H2,1H3,(H,17,20)/b13-9-. The molecule has 1 aromatic rings. The molecule has 0 unspecified atom stereocenters. The summed E-state index contributed by atoms with van der Waals surface area (Å²) in [4.78, 5) is 47.3. The smallest absolute Gasteiger partial charge is 0.294 e. The fraction of sp³-hybridized carbons (Fsp3) is 0.312. The first-order chi connectivity index (χ1) is 11.9. The number of carbonyl (C=O) groups excluding carboxylic acids is 3. The van der Waals surface area contributed by atoms with Crippen LogP contribution in [0.4, 0.5) is 10.5 Å². The molecule has 0 aliphatic carbocycles. The van der Waals surface area contributed by atoms with Crippen LogP contribution in [-0.2, 0) is 9.59 Å². The van der Waals surface area contributed by atoms with Crippen molar-refractivity contribution in [2.24, 2.45) is 0 Å². The van der Waals surface area contributed by atoms with Gasteiger partial charge in [-0.05, 0) is 29.8 Å². The number of nitro benzene ring substituents is 1. The molecular weight excluding hydrogens is 346 g/mol. The molecule has 8 nitrogen and oxygen atoms in total. The fourth-order valence-corrected chi connectivity index (χ4v) is 2.96. The maximum Gasteiger partial charge on any atom is 0.294 e.